The number of likely N-dealkylation sites (N-methyl/N-ethyl adjacent to an activating group) is 1. The number of likely N-dealkylation sites (tertiary alicyclic amines) is 1. The molecule has 0 radical (unpaired) electrons. The average molecular weight is 520 g/mol. The Morgan fingerprint density at radius 1 is 1.14 bits per heavy atom. The van der Waals surface area contributed by atoms with Crippen LogP contribution in [0.3, 0.4) is 0 Å². The SMILES string of the molecule is CC(C)CC(CC(=O)N1CCN(C)CC1)C(=O)N1CCC2C1C(=O)CN2S(=O)(=O)Cc1cccnc1. The fraction of sp³-hybridized carbons (Fsp3) is 0.680. The first-order chi connectivity index (χ1) is 17.1. The number of carbonyl (C=O) groups is 3. The molecule has 3 aliphatic heterocycles. The maximum atomic E-state index is 13.7. The molecule has 0 spiro atoms. The van der Waals surface area contributed by atoms with Gasteiger partial charge in [-0.25, -0.2) is 8.42 Å². The molecular weight excluding hydrogens is 482 g/mol. The predicted octanol–water partition coefficient (Wildman–Crippen LogP) is 0.592. The number of piperazine rings is 1. The number of hydrogen-bond acceptors (Lipinski definition) is 7. The molecule has 36 heavy (non-hydrogen) atoms. The van der Waals surface area contributed by atoms with Crippen molar-refractivity contribution in [2.45, 2.75) is 50.9 Å². The number of amides is 2. The molecule has 3 saturated heterocycles. The minimum absolute atomic E-state index is 0.0312. The zero-order valence-electron chi connectivity index (χ0n) is 21.4. The van der Waals surface area contributed by atoms with Crippen molar-refractivity contribution < 1.29 is 22.8 Å². The molecule has 0 N–H and O–H groups in total. The number of aromatic nitrogens is 1. The second kappa shape index (κ2) is 10.9. The molecule has 11 heteroatoms. The molecule has 3 aliphatic rings. The summed E-state index contributed by atoms with van der Waals surface area (Å²) in [5.41, 5.74) is 0.554. The van der Waals surface area contributed by atoms with Crippen LogP contribution in [-0.2, 0) is 30.2 Å². The minimum atomic E-state index is -3.76. The van der Waals surface area contributed by atoms with Crippen LogP contribution in [0.2, 0.25) is 0 Å². The summed E-state index contributed by atoms with van der Waals surface area (Å²) < 4.78 is 27.6. The smallest absolute Gasteiger partial charge is 0.226 e. The molecule has 3 fully saturated rings. The number of carbonyl (C=O) groups excluding carboxylic acids is 3. The Morgan fingerprint density at radius 2 is 1.86 bits per heavy atom. The fourth-order valence-corrected chi connectivity index (χ4v) is 7.34. The van der Waals surface area contributed by atoms with Crippen LogP contribution >= 0.6 is 0 Å². The molecule has 3 unspecified atom stereocenters. The molecule has 10 nitrogen and oxygen atoms in total. The maximum absolute atomic E-state index is 13.7. The molecule has 4 rings (SSSR count). The number of rotatable bonds is 8. The normalized spacial score (nSPS) is 24.4. The summed E-state index contributed by atoms with van der Waals surface area (Å²) in [6.45, 7) is 7.03. The fourth-order valence-electron chi connectivity index (χ4n) is 5.63. The lowest BCUT2D eigenvalue weighted by Gasteiger charge is -2.34. The van der Waals surface area contributed by atoms with Crippen molar-refractivity contribution in [1.82, 2.24) is 24.0 Å². The number of fused-ring (bicyclic) bond motifs is 1. The van der Waals surface area contributed by atoms with Crippen LogP contribution in [0.15, 0.2) is 24.5 Å². The van der Waals surface area contributed by atoms with E-state index in [2.05, 4.69) is 9.88 Å². The Bertz CT molecular complexity index is 1070. The lowest BCUT2D eigenvalue weighted by atomic mass is 9.91. The Kier molecular flexibility index (Phi) is 8.11. The zero-order chi connectivity index (χ0) is 26.0. The third-order valence-electron chi connectivity index (χ3n) is 7.47. The van der Waals surface area contributed by atoms with Crippen LogP contribution in [0.1, 0.15) is 38.7 Å². The van der Waals surface area contributed by atoms with E-state index in [4.69, 9.17) is 0 Å². The van der Waals surface area contributed by atoms with Crippen LogP contribution in [0.5, 0.6) is 0 Å². The highest BCUT2D eigenvalue weighted by Gasteiger charge is 2.54. The van der Waals surface area contributed by atoms with Crippen LogP contribution in [0.4, 0.5) is 0 Å². The molecule has 1 aromatic rings. The predicted molar refractivity (Wildman–Crippen MR) is 134 cm³/mol. The highest BCUT2D eigenvalue weighted by molar-refractivity contribution is 7.88. The average Bonchev–Trinajstić information content (AvgIpc) is 3.40. The summed E-state index contributed by atoms with van der Waals surface area (Å²) in [4.78, 5) is 49.3. The van der Waals surface area contributed by atoms with Gasteiger partial charge in [0.1, 0.15) is 6.04 Å². The van der Waals surface area contributed by atoms with E-state index in [-0.39, 0.29) is 42.2 Å². The van der Waals surface area contributed by atoms with Gasteiger partial charge in [0.05, 0.1) is 18.3 Å². The highest BCUT2D eigenvalue weighted by atomic mass is 32.2. The molecule has 2 amide bonds. The first-order valence-electron chi connectivity index (χ1n) is 12.7. The van der Waals surface area contributed by atoms with Gasteiger partial charge >= 0.3 is 0 Å². The third-order valence-corrected chi connectivity index (χ3v) is 9.28. The van der Waals surface area contributed by atoms with Crippen LogP contribution in [0, 0.1) is 11.8 Å². The molecule has 0 aromatic carbocycles. The largest absolute Gasteiger partial charge is 0.340 e. The second-order valence-electron chi connectivity index (χ2n) is 10.7. The Hall–Kier alpha value is -2.37. The van der Waals surface area contributed by atoms with Gasteiger partial charge in [0.2, 0.25) is 21.8 Å². The molecule has 0 aliphatic carbocycles. The van der Waals surface area contributed by atoms with Crippen LogP contribution < -0.4 is 0 Å². The van der Waals surface area contributed by atoms with Gasteiger partial charge in [-0.3, -0.25) is 19.4 Å². The van der Waals surface area contributed by atoms with Gasteiger partial charge in [-0.05, 0) is 37.4 Å². The first-order valence-corrected chi connectivity index (χ1v) is 14.4. The lowest BCUT2D eigenvalue weighted by molar-refractivity contribution is -0.144. The van der Waals surface area contributed by atoms with E-state index in [0.717, 1.165) is 13.1 Å². The molecule has 3 atom stereocenters. The zero-order valence-corrected chi connectivity index (χ0v) is 22.2. The van der Waals surface area contributed by atoms with Gasteiger partial charge in [-0.15, -0.1) is 0 Å². The summed E-state index contributed by atoms with van der Waals surface area (Å²) in [7, 11) is -1.73. The Morgan fingerprint density at radius 3 is 2.50 bits per heavy atom. The van der Waals surface area contributed by atoms with E-state index in [1.165, 1.54) is 10.5 Å². The molecular formula is C25H37N5O5S. The van der Waals surface area contributed by atoms with E-state index in [1.54, 1.807) is 23.2 Å². The van der Waals surface area contributed by atoms with E-state index in [1.807, 2.05) is 25.8 Å². The second-order valence-corrected chi connectivity index (χ2v) is 12.6. The van der Waals surface area contributed by atoms with Crippen molar-refractivity contribution in [3.8, 4) is 0 Å². The van der Waals surface area contributed by atoms with Gasteiger partial charge in [0.25, 0.3) is 0 Å². The van der Waals surface area contributed by atoms with Gasteiger partial charge in [-0.1, -0.05) is 19.9 Å². The summed E-state index contributed by atoms with van der Waals surface area (Å²) in [5, 5.41) is 0. The van der Waals surface area contributed by atoms with E-state index < -0.39 is 28.0 Å². The van der Waals surface area contributed by atoms with Gasteiger partial charge in [-0.2, -0.15) is 4.31 Å². The van der Waals surface area contributed by atoms with E-state index >= 15 is 0 Å². The molecule has 0 bridgehead atoms. The first kappa shape index (κ1) is 26.7. The van der Waals surface area contributed by atoms with Crippen molar-refractivity contribution in [3.63, 3.8) is 0 Å². The van der Waals surface area contributed by atoms with E-state index in [9.17, 15) is 22.8 Å². The topological polar surface area (TPSA) is 111 Å². The summed E-state index contributed by atoms with van der Waals surface area (Å²) >= 11 is 0. The molecule has 0 saturated carbocycles. The standard InChI is InChI=1S/C25H37N5O5S/c1-18(2)13-20(14-23(32)28-11-9-27(3)10-12-28)25(33)29-8-6-21-24(29)22(31)16-30(21)36(34,35)17-19-5-4-7-26-15-19/h4-5,7,15,18,20-21,24H,6,8-14,16-17H2,1-3H3. The van der Waals surface area contributed by atoms with Crippen molar-refractivity contribution in [2.24, 2.45) is 11.8 Å². The number of nitrogens with zero attached hydrogens (tertiary/aromatic N) is 5. The molecule has 4 heterocycles. The van der Waals surface area contributed by atoms with E-state index in [0.29, 0.717) is 38.0 Å². The summed E-state index contributed by atoms with van der Waals surface area (Å²) in [5.74, 6) is -1.05. The van der Waals surface area contributed by atoms with Crippen molar-refractivity contribution in [3.05, 3.63) is 30.1 Å². The van der Waals surface area contributed by atoms with Gasteiger partial charge < -0.3 is 14.7 Å². The van der Waals surface area contributed by atoms with Crippen molar-refractivity contribution in [2.75, 3.05) is 46.3 Å². The minimum Gasteiger partial charge on any atom is -0.340 e. The monoisotopic (exact) mass is 519 g/mol. The highest BCUT2D eigenvalue weighted by Crippen LogP contribution is 2.34. The van der Waals surface area contributed by atoms with Crippen LogP contribution in [-0.4, -0.2) is 108 Å². The molecule has 198 valence electrons. The quantitative estimate of drug-likeness (QED) is 0.494. The molecule has 1 aromatic heterocycles. The maximum Gasteiger partial charge on any atom is 0.226 e. The summed E-state index contributed by atoms with van der Waals surface area (Å²) in [6.07, 6.45) is 4.16. The van der Waals surface area contributed by atoms with Gasteiger partial charge in [0, 0.05) is 57.5 Å². The Labute approximate surface area is 213 Å². The lowest BCUT2D eigenvalue weighted by Crippen LogP contribution is -2.49. The number of sulfonamides is 1. The number of hydrogen-bond donors (Lipinski definition) is 0. The number of ketones is 1. The number of pyridine rings is 1. The Balaban J connectivity index is 1.47. The van der Waals surface area contributed by atoms with Crippen LogP contribution in [0.25, 0.3) is 0 Å². The third kappa shape index (κ3) is 5.78. The van der Waals surface area contributed by atoms with Crippen molar-refractivity contribution in [1.29, 1.82) is 0 Å². The van der Waals surface area contributed by atoms with Crippen molar-refractivity contribution >= 4 is 27.6 Å². The van der Waals surface area contributed by atoms with Gasteiger partial charge in [0.15, 0.2) is 5.78 Å². The number of Topliss-reactive ketones (excluding diaryl/α,β-unsaturated/α-hetero) is 1. The summed E-state index contributed by atoms with van der Waals surface area (Å²) in [6, 6.07) is 2.03.